The molecule has 0 aromatic rings. The van der Waals surface area contributed by atoms with E-state index in [4.69, 9.17) is 5.26 Å². The fraction of sp³-hybridized carbons (Fsp3) is 0.800. The third-order valence-corrected chi connectivity index (χ3v) is 1.23. The van der Waals surface area contributed by atoms with Crippen molar-refractivity contribution in [1.29, 1.82) is 5.26 Å². The molecule has 0 aliphatic carbocycles. The van der Waals surface area contributed by atoms with Crippen LogP contribution in [0.2, 0.25) is 0 Å². The number of nitrogens with one attached hydrogen (secondary N) is 1. The average molecular weight is 114 g/mol. The number of nitrogens with zero attached hydrogens (tertiary/aromatic N) is 1. The molecule has 1 aliphatic heterocycles. The van der Waals surface area contributed by atoms with E-state index in [9.17, 15) is 4.39 Å². The summed E-state index contributed by atoms with van der Waals surface area (Å²) in [6.45, 7) is 0.345. The van der Waals surface area contributed by atoms with Crippen molar-refractivity contribution in [3.63, 3.8) is 0 Å². The molecule has 2 atom stereocenters. The molecule has 1 aliphatic rings. The first-order valence-electron chi connectivity index (χ1n) is 2.60. The fourth-order valence-corrected chi connectivity index (χ4v) is 0.791. The molecule has 0 saturated carbocycles. The summed E-state index contributed by atoms with van der Waals surface area (Å²) in [4.78, 5) is 0. The normalized spacial score (nSPS) is 37.0. The SMILES string of the molecule is N#C[C@H]1C[C@H](F)CN1. The monoisotopic (exact) mass is 114 g/mol. The summed E-state index contributed by atoms with van der Waals surface area (Å²) in [6.07, 6.45) is -0.448. The molecule has 1 N–H and O–H groups in total. The smallest absolute Gasteiger partial charge is 0.115 e. The molecule has 1 saturated heterocycles. The highest BCUT2D eigenvalue weighted by Gasteiger charge is 2.22. The molecule has 8 heavy (non-hydrogen) atoms. The molecular weight excluding hydrogens is 107 g/mol. The van der Waals surface area contributed by atoms with Crippen LogP contribution in [0.15, 0.2) is 0 Å². The lowest BCUT2D eigenvalue weighted by atomic mass is 10.2. The summed E-state index contributed by atoms with van der Waals surface area (Å²) >= 11 is 0. The molecule has 1 heterocycles. The van der Waals surface area contributed by atoms with Crippen LogP contribution in [0, 0.1) is 11.3 Å². The number of alkyl halides is 1. The zero-order valence-electron chi connectivity index (χ0n) is 4.39. The second-order valence-corrected chi connectivity index (χ2v) is 1.92. The van der Waals surface area contributed by atoms with Crippen molar-refractivity contribution in [3.8, 4) is 6.07 Å². The largest absolute Gasteiger partial charge is 0.299 e. The number of nitriles is 1. The topological polar surface area (TPSA) is 35.8 Å². The quantitative estimate of drug-likeness (QED) is 0.488. The van der Waals surface area contributed by atoms with Gasteiger partial charge in [0.25, 0.3) is 0 Å². The van der Waals surface area contributed by atoms with Gasteiger partial charge in [0.1, 0.15) is 6.17 Å². The summed E-state index contributed by atoms with van der Waals surface area (Å²) in [7, 11) is 0. The molecule has 0 unspecified atom stereocenters. The predicted octanol–water partition coefficient (Wildman–Crippen LogP) is 0.210. The molecule has 0 spiro atoms. The average Bonchev–Trinajstić information content (AvgIpc) is 2.14. The molecule has 44 valence electrons. The highest BCUT2D eigenvalue weighted by molar-refractivity contribution is 4.96. The van der Waals surface area contributed by atoms with Gasteiger partial charge in [0.05, 0.1) is 12.1 Å². The minimum Gasteiger partial charge on any atom is -0.299 e. The first kappa shape index (κ1) is 5.52. The van der Waals surface area contributed by atoms with E-state index in [2.05, 4.69) is 5.32 Å². The number of rotatable bonds is 0. The van der Waals surface area contributed by atoms with Crippen LogP contribution in [0.25, 0.3) is 0 Å². The lowest BCUT2D eigenvalue weighted by molar-refractivity contribution is 0.359. The van der Waals surface area contributed by atoms with Crippen molar-refractivity contribution >= 4 is 0 Å². The van der Waals surface area contributed by atoms with Crippen LogP contribution in [-0.4, -0.2) is 18.8 Å². The molecule has 0 bridgehead atoms. The van der Waals surface area contributed by atoms with Gasteiger partial charge in [0.2, 0.25) is 0 Å². The zero-order valence-corrected chi connectivity index (χ0v) is 4.39. The predicted molar refractivity (Wildman–Crippen MR) is 26.9 cm³/mol. The van der Waals surface area contributed by atoms with Crippen molar-refractivity contribution in [3.05, 3.63) is 0 Å². The maximum atomic E-state index is 12.1. The van der Waals surface area contributed by atoms with Crippen LogP contribution in [0.3, 0.4) is 0 Å². The second kappa shape index (κ2) is 2.10. The third kappa shape index (κ3) is 0.958. The van der Waals surface area contributed by atoms with Crippen molar-refractivity contribution in [1.82, 2.24) is 5.32 Å². The molecular formula is C5H7FN2. The van der Waals surface area contributed by atoms with Crippen molar-refractivity contribution < 1.29 is 4.39 Å². The van der Waals surface area contributed by atoms with Gasteiger partial charge in [-0.3, -0.25) is 5.32 Å². The highest BCUT2D eigenvalue weighted by atomic mass is 19.1. The Bertz CT molecular complexity index is 118. The van der Waals surface area contributed by atoms with Crippen LogP contribution >= 0.6 is 0 Å². The first-order valence-corrected chi connectivity index (χ1v) is 2.60. The Hall–Kier alpha value is -0.620. The van der Waals surface area contributed by atoms with E-state index in [1.807, 2.05) is 6.07 Å². The van der Waals surface area contributed by atoms with Crippen molar-refractivity contribution in [2.75, 3.05) is 6.54 Å². The Kier molecular flexibility index (Phi) is 1.45. The molecule has 3 heteroatoms. The molecule has 0 radical (unpaired) electrons. The molecule has 2 nitrogen and oxygen atoms in total. The summed E-state index contributed by atoms with van der Waals surface area (Å²) < 4.78 is 12.1. The van der Waals surface area contributed by atoms with E-state index < -0.39 is 6.17 Å². The molecule has 0 aromatic heterocycles. The van der Waals surface area contributed by atoms with Gasteiger partial charge in [0.15, 0.2) is 0 Å². The highest BCUT2D eigenvalue weighted by Crippen LogP contribution is 2.07. The van der Waals surface area contributed by atoms with Gasteiger partial charge >= 0.3 is 0 Å². The van der Waals surface area contributed by atoms with E-state index in [1.165, 1.54) is 0 Å². The summed E-state index contributed by atoms with van der Waals surface area (Å²) in [5.41, 5.74) is 0. The zero-order chi connectivity index (χ0) is 5.98. The molecule has 1 rings (SSSR count). The number of halogens is 1. The van der Waals surface area contributed by atoms with Crippen molar-refractivity contribution in [2.24, 2.45) is 0 Å². The third-order valence-electron chi connectivity index (χ3n) is 1.23. The number of hydrogen-bond acceptors (Lipinski definition) is 2. The van der Waals surface area contributed by atoms with Crippen LogP contribution in [-0.2, 0) is 0 Å². The second-order valence-electron chi connectivity index (χ2n) is 1.92. The minimum absolute atomic E-state index is 0.245. The maximum Gasteiger partial charge on any atom is 0.115 e. The minimum atomic E-state index is -0.806. The fourth-order valence-electron chi connectivity index (χ4n) is 0.791. The number of hydrogen-bond donors (Lipinski definition) is 1. The van der Waals surface area contributed by atoms with Gasteiger partial charge in [-0.25, -0.2) is 4.39 Å². The molecule has 0 amide bonds. The Balaban J connectivity index is 2.35. The van der Waals surface area contributed by atoms with E-state index in [0.717, 1.165) is 0 Å². The van der Waals surface area contributed by atoms with E-state index in [-0.39, 0.29) is 6.04 Å². The standard InChI is InChI=1S/C5H7FN2/c6-4-1-5(2-7)8-3-4/h4-5,8H,1,3H2/t4-,5+/m0/s1. The van der Waals surface area contributed by atoms with Gasteiger partial charge in [-0.15, -0.1) is 0 Å². The van der Waals surface area contributed by atoms with Crippen LogP contribution in [0.1, 0.15) is 6.42 Å². The van der Waals surface area contributed by atoms with Gasteiger partial charge < -0.3 is 0 Å². The van der Waals surface area contributed by atoms with Crippen LogP contribution in [0.5, 0.6) is 0 Å². The van der Waals surface area contributed by atoms with Gasteiger partial charge in [-0.2, -0.15) is 5.26 Å². The maximum absolute atomic E-state index is 12.1. The Morgan fingerprint density at radius 2 is 2.50 bits per heavy atom. The molecule has 0 aromatic carbocycles. The van der Waals surface area contributed by atoms with Gasteiger partial charge in [0, 0.05) is 13.0 Å². The first-order chi connectivity index (χ1) is 3.83. The Morgan fingerprint density at radius 1 is 1.75 bits per heavy atom. The van der Waals surface area contributed by atoms with E-state index in [1.54, 1.807) is 0 Å². The lowest BCUT2D eigenvalue weighted by Gasteiger charge is -1.91. The summed E-state index contributed by atoms with van der Waals surface area (Å²) in [5, 5.41) is 10.9. The van der Waals surface area contributed by atoms with Crippen LogP contribution < -0.4 is 5.32 Å². The van der Waals surface area contributed by atoms with Crippen molar-refractivity contribution in [2.45, 2.75) is 18.6 Å². The van der Waals surface area contributed by atoms with Gasteiger partial charge in [-0.05, 0) is 0 Å². The summed E-state index contributed by atoms with van der Waals surface area (Å²) in [5.74, 6) is 0. The Labute approximate surface area is 47.3 Å². The lowest BCUT2D eigenvalue weighted by Crippen LogP contribution is -2.18. The van der Waals surface area contributed by atoms with Gasteiger partial charge in [-0.1, -0.05) is 0 Å². The molecule has 1 fully saturated rings. The van der Waals surface area contributed by atoms with E-state index in [0.29, 0.717) is 13.0 Å². The summed E-state index contributed by atoms with van der Waals surface area (Å²) in [6, 6.07) is 1.70. The Morgan fingerprint density at radius 3 is 2.75 bits per heavy atom. The van der Waals surface area contributed by atoms with E-state index >= 15 is 0 Å². The van der Waals surface area contributed by atoms with Crippen LogP contribution in [0.4, 0.5) is 4.39 Å².